The zero-order valence-electron chi connectivity index (χ0n) is 15.3. The van der Waals surface area contributed by atoms with Crippen LogP contribution in [0.4, 0.5) is 10.1 Å². The Morgan fingerprint density at radius 1 is 1.04 bits per heavy atom. The molecular weight excluding hydrogens is 507 g/mol. The smallest absolute Gasteiger partial charge is 0.147 e. The minimum atomic E-state index is -0.290. The lowest BCUT2D eigenvalue weighted by Crippen LogP contribution is -2.46. The largest absolute Gasteiger partial charge is 0.491 e. The molecule has 2 heterocycles. The summed E-state index contributed by atoms with van der Waals surface area (Å²) in [5, 5.41) is 3.50. The molecule has 0 saturated carbocycles. The fraction of sp³-hybridized carbons (Fsp3) is 0.333. The molecule has 4 rings (SSSR count). The van der Waals surface area contributed by atoms with Crippen molar-refractivity contribution in [3.05, 3.63) is 56.5 Å². The topological polar surface area (TPSA) is 15.7 Å². The Labute approximate surface area is 185 Å². The van der Waals surface area contributed by atoms with Crippen LogP contribution in [0.5, 0.6) is 5.75 Å². The van der Waals surface area contributed by atoms with Crippen LogP contribution < -0.4 is 9.64 Å². The number of thiophene rings is 1. The highest BCUT2D eigenvalue weighted by Crippen LogP contribution is 2.34. The number of hydrogen-bond donors (Lipinski definition) is 0. The first-order chi connectivity index (χ1) is 13.6. The summed E-state index contributed by atoms with van der Waals surface area (Å²) in [7, 11) is 0. The van der Waals surface area contributed by atoms with E-state index in [0.29, 0.717) is 21.3 Å². The van der Waals surface area contributed by atoms with E-state index in [1.165, 1.54) is 27.9 Å². The van der Waals surface area contributed by atoms with Gasteiger partial charge in [-0.1, -0.05) is 12.1 Å². The van der Waals surface area contributed by atoms with Crippen molar-refractivity contribution in [2.24, 2.45) is 0 Å². The minimum absolute atomic E-state index is 0.290. The summed E-state index contributed by atoms with van der Waals surface area (Å²) >= 11 is 8.54. The summed E-state index contributed by atoms with van der Waals surface area (Å²) in [5.74, 6) is 0.373. The van der Waals surface area contributed by atoms with Crippen LogP contribution in [0.3, 0.4) is 0 Å². The quantitative estimate of drug-likeness (QED) is 0.357. The lowest BCUT2D eigenvalue weighted by atomic mass is 10.2. The van der Waals surface area contributed by atoms with Gasteiger partial charge in [0, 0.05) is 32.7 Å². The number of halogens is 3. The number of fused-ring (bicyclic) bond motifs is 1. The molecule has 1 aliphatic heterocycles. The molecule has 1 fully saturated rings. The first kappa shape index (κ1) is 20.1. The first-order valence-electron chi connectivity index (χ1n) is 9.33. The summed E-state index contributed by atoms with van der Waals surface area (Å²) < 4.78 is 21.8. The number of anilines is 1. The molecule has 0 amide bonds. The molecule has 0 aliphatic carbocycles. The van der Waals surface area contributed by atoms with Crippen LogP contribution >= 0.6 is 43.2 Å². The van der Waals surface area contributed by atoms with E-state index in [0.717, 1.165) is 39.1 Å². The van der Waals surface area contributed by atoms with Gasteiger partial charge in [0.25, 0.3) is 0 Å². The maximum atomic E-state index is 13.3. The maximum absolute atomic E-state index is 13.3. The molecule has 148 valence electrons. The summed E-state index contributed by atoms with van der Waals surface area (Å²) in [6.45, 7) is 5.84. The summed E-state index contributed by atoms with van der Waals surface area (Å²) in [6, 6.07) is 11.6. The van der Waals surface area contributed by atoms with Gasteiger partial charge in [0.1, 0.15) is 11.6 Å². The third-order valence-corrected chi connectivity index (χ3v) is 7.13. The highest BCUT2D eigenvalue weighted by molar-refractivity contribution is 9.11. The molecule has 1 aliphatic rings. The number of rotatable bonds is 6. The van der Waals surface area contributed by atoms with Gasteiger partial charge in [0.15, 0.2) is 0 Å². The van der Waals surface area contributed by atoms with Gasteiger partial charge in [-0.3, -0.25) is 4.90 Å². The van der Waals surface area contributed by atoms with Gasteiger partial charge in [-0.05, 0) is 73.3 Å². The lowest BCUT2D eigenvalue weighted by Gasteiger charge is -2.36. The number of ether oxygens (including phenoxy) is 1. The van der Waals surface area contributed by atoms with Crippen LogP contribution in [0, 0.1) is 5.82 Å². The Balaban J connectivity index is 1.25. The van der Waals surface area contributed by atoms with Gasteiger partial charge in [-0.25, -0.2) is 4.39 Å². The molecule has 3 nitrogen and oxygen atoms in total. The lowest BCUT2D eigenvalue weighted by molar-refractivity contribution is 0.224. The van der Waals surface area contributed by atoms with E-state index in [2.05, 4.69) is 71.3 Å². The predicted molar refractivity (Wildman–Crippen MR) is 122 cm³/mol. The number of nitrogens with zero attached hydrogens (tertiary/aromatic N) is 2. The van der Waals surface area contributed by atoms with Crippen LogP contribution in [-0.2, 0) is 0 Å². The summed E-state index contributed by atoms with van der Waals surface area (Å²) in [5.41, 5.74) is 1.36. The molecule has 0 radical (unpaired) electrons. The van der Waals surface area contributed by atoms with Crippen molar-refractivity contribution in [2.45, 2.75) is 6.42 Å². The van der Waals surface area contributed by atoms with Crippen LogP contribution in [0.2, 0.25) is 0 Å². The molecule has 2 aromatic carbocycles. The average Bonchev–Trinajstić information content (AvgIpc) is 3.16. The van der Waals surface area contributed by atoms with Gasteiger partial charge >= 0.3 is 0 Å². The monoisotopic (exact) mass is 526 g/mol. The molecule has 0 unspecified atom stereocenters. The fourth-order valence-electron chi connectivity index (χ4n) is 3.57. The highest BCUT2D eigenvalue weighted by Gasteiger charge is 2.19. The van der Waals surface area contributed by atoms with Crippen molar-refractivity contribution in [2.75, 3.05) is 44.2 Å². The molecule has 0 N–H and O–H groups in total. The Kier molecular flexibility index (Phi) is 6.55. The summed E-state index contributed by atoms with van der Waals surface area (Å²) in [4.78, 5) is 4.99. The number of benzene rings is 2. The SMILES string of the molecule is Fc1cc(Br)c(OCCCN2CCN(c3cccc4ccsc34)CC2)c(Br)c1. The van der Waals surface area contributed by atoms with Crippen LogP contribution in [0.1, 0.15) is 6.42 Å². The van der Waals surface area contributed by atoms with E-state index in [9.17, 15) is 4.39 Å². The van der Waals surface area contributed by atoms with Gasteiger partial charge in [-0.15, -0.1) is 11.3 Å². The van der Waals surface area contributed by atoms with Gasteiger partial charge in [0.2, 0.25) is 0 Å². The first-order valence-corrected chi connectivity index (χ1v) is 11.8. The molecule has 7 heteroatoms. The van der Waals surface area contributed by atoms with Crippen molar-refractivity contribution in [1.82, 2.24) is 4.90 Å². The number of hydrogen-bond acceptors (Lipinski definition) is 4. The fourth-order valence-corrected chi connectivity index (χ4v) is 5.87. The molecular formula is C21H21Br2FN2OS. The van der Waals surface area contributed by atoms with Crippen LogP contribution in [0.25, 0.3) is 10.1 Å². The van der Waals surface area contributed by atoms with Gasteiger partial charge in [0.05, 0.1) is 25.9 Å². The van der Waals surface area contributed by atoms with Crippen molar-refractivity contribution in [1.29, 1.82) is 0 Å². The second-order valence-electron chi connectivity index (χ2n) is 6.85. The van der Waals surface area contributed by atoms with Crippen LogP contribution in [0.15, 0.2) is 50.7 Å². The molecule has 0 bridgehead atoms. The number of piperazine rings is 1. The zero-order valence-corrected chi connectivity index (χ0v) is 19.3. The second kappa shape index (κ2) is 9.11. The van der Waals surface area contributed by atoms with Crippen molar-refractivity contribution >= 4 is 59.0 Å². The van der Waals surface area contributed by atoms with Crippen molar-refractivity contribution < 1.29 is 9.13 Å². The third kappa shape index (κ3) is 4.53. The van der Waals surface area contributed by atoms with Gasteiger partial charge < -0.3 is 9.64 Å². The van der Waals surface area contributed by atoms with Gasteiger partial charge in [-0.2, -0.15) is 0 Å². The van der Waals surface area contributed by atoms with E-state index in [4.69, 9.17) is 4.74 Å². The van der Waals surface area contributed by atoms with Crippen molar-refractivity contribution in [3.8, 4) is 5.75 Å². The molecule has 1 saturated heterocycles. The minimum Gasteiger partial charge on any atom is -0.491 e. The van der Waals surface area contributed by atoms with E-state index in [1.54, 1.807) is 0 Å². The molecule has 0 atom stereocenters. The van der Waals surface area contributed by atoms with E-state index in [1.807, 2.05) is 11.3 Å². The second-order valence-corrected chi connectivity index (χ2v) is 9.47. The maximum Gasteiger partial charge on any atom is 0.147 e. The van der Waals surface area contributed by atoms with E-state index >= 15 is 0 Å². The predicted octanol–water partition coefficient (Wildman–Crippen LogP) is 6.16. The molecule has 0 spiro atoms. The van der Waals surface area contributed by atoms with E-state index < -0.39 is 0 Å². The Morgan fingerprint density at radius 3 is 2.54 bits per heavy atom. The average molecular weight is 528 g/mol. The zero-order chi connectivity index (χ0) is 19.5. The molecule has 28 heavy (non-hydrogen) atoms. The Bertz CT molecular complexity index is 933. The Morgan fingerprint density at radius 2 is 1.79 bits per heavy atom. The van der Waals surface area contributed by atoms with E-state index in [-0.39, 0.29) is 5.82 Å². The summed E-state index contributed by atoms with van der Waals surface area (Å²) in [6.07, 6.45) is 0.941. The molecule has 3 aromatic rings. The van der Waals surface area contributed by atoms with Crippen molar-refractivity contribution in [3.63, 3.8) is 0 Å². The highest BCUT2D eigenvalue weighted by atomic mass is 79.9. The normalized spacial score (nSPS) is 15.3. The molecule has 1 aromatic heterocycles. The standard InChI is InChI=1S/C21H21Br2FN2OS/c22-17-13-16(24)14-18(23)20(17)27-11-2-6-25-7-9-26(10-8-25)19-4-1-3-15-5-12-28-21(15)19/h1,3-5,12-14H,2,6-11H2. The third-order valence-electron chi connectivity index (χ3n) is 5.00. The van der Waals surface area contributed by atoms with Crippen LogP contribution in [-0.4, -0.2) is 44.2 Å². The Hall–Kier alpha value is -1.15.